The molecule has 1 aliphatic rings. The van der Waals surface area contributed by atoms with Crippen molar-refractivity contribution >= 4 is 17.0 Å². The maximum atomic E-state index is 12.4. The van der Waals surface area contributed by atoms with Gasteiger partial charge in [-0.15, -0.1) is 0 Å². The lowest BCUT2D eigenvalue weighted by molar-refractivity contribution is 0.0838. The topological polar surface area (TPSA) is 59.4 Å². The number of nitrogens with one attached hydrogen (secondary N) is 1. The van der Waals surface area contributed by atoms with E-state index in [1.807, 2.05) is 53.2 Å². The zero-order valence-corrected chi connectivity index (χ0v) is 15.3. The van der Waals surface area contributed by atoms with E-state index in [-0.39, 0.29) is 12.1 Å². The van der Waals surface area contributed by atoms with Crippen LogP contribution in [0.15, 0.2) is 60.8 Å². The summed E-state index contributed by atoms with van der Waals surface area (Å²) in [6.45, 7) is 3.25. The maximum Gasteiger partial charge on any atom is 0.410 e. The van der Waals surface area contributed by atoms with Crippen LogP contribution < -0.4 is 5.32 Å². The predicted molar refractivity (Wildman–Crippen MR) is 104 cm³/mol. The maximum absolute atomic E-state index is 12.4. The molecule has 1 aromatic heterocycles. The first-order valence-corrected chi connectivity index (χ1v) is 9.39. The van der Waals surface area contributed by atoms with Gasteiger partial charge in [0, 0.05) is 43.8 Å². The largest absolute Gasteiger partial charge is 0.445 e. The summed E-state index contributed by atoms with van der Waals surface area (Å²) in [6.07, 6.45) is 2.75. The van der Waals surface area contributed by atoms with Gasteiger partial charge in [-0.1, -0.05) is 48.5 Å². The Morgan fingerprint density at radius 3 is 2.81 bits per heavy atom. The van der Waals surface area contributed by atoms with Crippen LogP contribution in [-0.4, -0.2) is 46.4 Å². The van der Waals surface area contributed by atoms with Crippen molar-refractivity contribution in [2.75, 3.05) is 19.6 Å². The second-order valence-corrected chi connectivity index (χ2v) is 6.88. The highest BCUT2D eigenvalue weighted by molar-refractivity contribution is 5.77. The van der Waals surface area contributed by atoms with Crippen molar-refractivity contribution in [2.24, 2.45) is 0 Å². The first kappa shape index (κ1) is 17.5. The van der Waals surface area contributed by atoms with Crippen molar-refractivity contribution in [2.45, 2.75) is 25.6 Å². The fourth-order valence-corrected chi connectivity index (χ4v) is 3.41. The molecule has 1 aliphatic heterocycles. The third-order valence-electron chi connectivity index (χ3n) is 4.89. The van der Waals surface area contributed by atoms with Crippen LogP contribution in [0, 0.1) is 0 Å². The minimum absolute atomic E-state index is 0.241. The lowest BCUT2D eigenvalue weighted by atomic mass is 10.1. The van der Waals surface area contributed by atoms with Crippen LogP contribution in [0.4, 0.5) is 4.79 Å². The van der Waals surface area contributed by atoms with E-state index >= 15 is 0 Å². The zero-order chi connectivity index (χ0) is 18.5. The average molecular weight is 364 g/mol. The molecule has 1 saturated heterocycles. The summed E-state index contributed by atoms with van der Waals surface area (Å²) in [6, 6.07) is 18.1. The predicted octanol–water partition coefficient (Wildman–Crippen LogP) is 3.04. The minimum atomic E-state index is -0.241. The molecule has 3 aromatic rings. The lowest BCUT2D eigenvalue weighted by Crippen LogP contribution is -2.52. The van der Waals surface area contributed by atoms with E-state index in [0.717, 1.165) is 36.0 Å². The van der Waals surface area contributed by atoms with Crippen molar-refractivity contribution in [3.63, 3.8) is 0 Å². The molecule has 2 aromatic carbocycles. The molecule has 4 rings (SSSR count). The Balaban J connectivity index is 1.27. The molecule has 1 fully saturated rings. The molecular weight excluding hydrogens is 340 g/mol. The van der Waals surface area contributed by atoms with Crippen LogP contribution in [0.3, 0.4) is 0 Å². The quantitative estimate of drug-likeness (QED) is 0.756. The van der Waals surface area contributed by atoms with E-state index in [1.54, 1.807) is 4.90 Å². The third-order valence-corrected chi connectivity index (χ3v) is 4.89. The smallest absolute Gasteiger partial charge is 0.410 e. The van der Waals surface area contributed by atoms with Crippen LogP contribution in [-0.2, 0) is 17.9 Å². The van der Waals surface area contributed by atoms with E-state index in [4.69, 9.17) is 4.74 Å². The number of fused-ring (bicyclic) bond motifs is 1. The second kappa shape index (κ2) is 8.22. The van der Waals surface area contributed by atoms with Gasteiger partial charge in [0.15, 0.2) is 0 Å². The molecular formula is C21H24N4O2. The van der Waals surface area contributed by atoms with Crippen molar-refractivity contribution in [1.82, 2.24) is 20.0 Å². The van der Waals surface area contributed by atoms with Gasteiger partial charge in [0.1, 0.15) is 6.61 Å². The number of aryl methyl sites for hydroxylation is 1. The Kier molecular flexibility index (Phi) is 5.34. The van der Waals surface area contributed by atoms with E-state index in [1.165, 1.54) is 0 Å². The molecule has 6 heteroatoms. The van der Waals surface area contributed by atoms with Crippen molar-refractivity contribution < 1.29 is 9.53 Å². The van der Waals surface area contributed by atoms with Crippen LogP contribution in [0.25, 0.3) is 10.9 Å². The number of hydrogen-bond donors (Lipinski definition) is 1. The number of benzene rings is 2. The van der Waals surface area contributed by atoms with Gasteiger partial charge in [-0.05, 0) is 18.1 Å². The number of nitrogens with zero attached hydrogens (tertiary/aromatic N) is 3. The molecule has 2 heterocycles. The molecule has 0 unspecified atom stereocenters. The molecule has 1 N–H and O–H groups in total. The Morgan fingerprint density at radius 1 is 1.15 bits per heavy atom. The summed E-state index contributed by atoms with van der Waals surface area (Å²) in [7, 11) is 0. The Morgan fingerprint density at radius 2 is 1.96 bits per heavy atom. The van der Waals surface area contributed by atoms with Gasteiger partial charge in [-0.25, -0.2) is 4.79 Å². The summed E-state index contributed by atoms with van der Waals surface area (Å²) in [4.78, 5) is 14.2. The van der Waals surface area contributed by atoms with Crippen molar-refractivity contribution in [3.05, 3.63) is 66.4 Å². The summed E-state index contributed by atoms with van der Waals surface area (Å²) in [5.74, 6) is 0. The van der Waals surface area contributed by atoms with Crippen LogP contribution in [0.2, 0.25) is 0 Å². The van der Waals surface area contributed by atoms with E-state index < -0.39 is 0 Å². The average Bonchev–Trinajstić information content (AvgIpc) is 3.14. The number of amides is 1. The molecule has 0 bridgehead atoms. The van der Waals surface area contributed by atoms with Gasteiger partial charge < -0.3 is 15.0 Å². The molecule has 1 amide bonds. The Labute approximate surface area is 158 Å². The molecule has 0 radical (unpaired) electrons. The number of ether oxygens (including phenoxy) is 1. The van der Waals surface area contributed by atoms with Crippen molar-refractivity contribution in [1.29, 1.82) is 0 Å². The molecule has 6 nitrogen and oxygen atoms in total. The monoisotopic (exact) mass is 364 g/mol. The number of carbonyl (C=O) groups is 1. The highest BCUT2D eigenvalue weighted by atomic mass is 16.6. The number of carbonyl (C=O) groups excluding carboxylic acids is 1. The van der Waals surface area contributed by atoms with Crippen LogP contribution in [0.5, 0.6) is 0 Å². The highest BCUT2D eigenvalue weighted by Crippen LogP contribution is 2.13. The van der Waals surface area contributed by atoms with Crippen molar-refractivity contribution in [3.8, 4) is 0 Å². The summed E-state index contributed by atoms with van der Waals surface area (Å²) < 4.78 is 7.45. The molecule has 27 heavy (non-hydrogen) atoms. The Hall–Kier alpha value is -2.86. The fourth-order valence-electron chi connectivity index (χ4n) is 3.41. The molecule has 1 atom stereocenters. The van der Waals surface area contributed by atoms with Gasteiger partial charge in [-0.2, -0.15) is 5.10 Å². The number of aromatic nitrogens is 2. The van der Waals surface area contributed by atoms with E-state index in [2.05, 4.69) is 22.7 Å². The fraction of sp³-hybridized carbons (Fsp3) is 0.333. The van der Waals surface area contributed by atoms with Gasteiger partial charge in [0.05, 0.1) is 5.52 Å². The Bertz CT molecular complexity index is 860. The van der Waals surface area contributed by atoms with Gasteiger partial charge >= 0.3 is 6.09 Å². The summed E-state index contributed by atoms with van der Waals surface area (Å²) >= 11 is 0. The normalized spacial score (nSPS) is 17.2. The highest BCUT2D eigenvalue weighted by Gasteiger charge is 2.24. The first-order chi connectivity index (χ1) is 13.3. The van der Waals surface area contributed by atoms with Crippen LogP contribution in [0.1, 0.15) is 12.0 Å². The summed E-state index contributed by atoms with van der Waals surface area (Å²) in [5.41, 5.74) is 2.02. The van der Waals surface area contributed by atoms with Gasteiger partial charge in [0.2, 0.25) is 0 Å². The number of rotatable bonds is 5. The van der Waals surface area contributed by atoms with Crippen LogP contribution >= 0.6 is 0 Å². The zero-order valence-electron chi connectivity index (χ0n) is 15.3. The van der Waals surface area contributed by atoms with E-state index in [0.29, 0.717) is 19.7 Å². The molecule has 140 valence electrons. The standard InChI is InChI=1S/C21H24N4O2/c26-21(27-16-17-6-2-1-3-7-17)24-13-11-22-19(15-24)10-12-25-14-18-8-4-5-9-20(18)23-25/h1-9,14,19,22H,10-13,15-16H2/t19-/m1/s1. The van der Waals surface area contributed by atoms with E-state index in [9.17, 15) is 4.79 Å². The summed E-state index contributed by atoms with van der Waals surface area (Å²) in [5, 5.41) is 9.24. The number of hydrogen-bond acceptors (Lipinski definition) is 4. The molecule has 0 aliphatic carbocycles. The lowest BCUT2D eigenvalue weighted by Gasteiger charge is -2.33. The third kappa shape index (κ3) is 4.46. The van der Waals surface area contributed by atoms with Gasteiger partial charge in [-0.3, -0.25) is 4.68 Å². The minimum Gasteiger partial charge on any atom is -0.445 e. The van der Waals surface area contributed by atoms with Gasteiger partial charge in [0.25, 0.3) is 0 Å². The first-order valence-electron chi connectivity index (χ1n) is 9.39. The number of piperazine rings is 1. The molecule has 0 saturated carbocycles. The second-order valence-electron chi connectivity index (χ2n) is 6.88. The SMILES string of the molecule is O=C(OCc1ccccc1)N1CCN[C@H](CCn2cc3ccccc3n2)C1. The molecule has 0 spiro atoms.